The summed E-state index contributed by atoms with van der Waals surface area (Å²) in [5.74, 6) is 0.541. The summed E-state index contributed by atoms with van der Waals surface area (Å²) < 4.78 is 38.6. The third-order valence-corrected chi connectivity index (χ3v) is 6.54. The first-order valence-electron chi connectivity index (χ1n) is 9.16. The van der Waals surface area contributed by atoms with Crippen LogP contribution in [0.15, 0.2) is 47.4 Å². The van der Waals surface area contributed by atoms with Gasteiger partial charge in [-0.1, -0.05) is 43.1 Å². The molecule has 10 heteroatoms. The van der Waals surface area contributed by atoms with Crippen molar-refractivity contribution >= 4 is 39.1 Å². The highest BCUT2D eigenvalue weighted by Gasteiger charge is 2.30. The second-order valence-electron chi connectivity index (χ2n) is 6.71. The quantitative estimate of drug-likeness (QED) is 0.513. The van der Waals surface area contributed by atoms with Crippen molar-refractivity contribution < 1.29 is 22.7 Å². The fourth-order valence-electron chi connectivity index (χ4n) is 2.58. The Morgan fingerprint density at radius 1 is 1.03 bits per heavy atom. The minimum atomic E-state index is -4.11. The standard InChI is InChI=1S/C20H24Cl2N2O5S/c1-13(2)18(24-30(26,27)19-16(21)5-4-6-17(19)22)20(25)23-11-12-29-15-9-7-14(28-3)8-10-15/h4-10,13,18,24H,11-12H2,1-3H3,(H,23,25). The highest BCUT2D eigenvalue weighted by molar-refractivity contribution is 7.89. The summed E-state index contributed by atoms with van der Waals surface area (Å²) in [7, 11) is -2.54. The lowest BCUT2D eigenvalue weighted by Gasteiger charge is -2.22. The van der Waals surface area contributed by atoms with Crippen molar-refractivity contribution in [2.24, 2.45) is 5.92 Å². The van der Waals surface area contributed by atoms with E-state index in [0.29, 0.717) is 11.5 Å². The molecule has 1 unspecified atom stereocenters. The van der Waals surface area contributed by atoms with Gasteiger partial charge >= 0.3 is 0 Å². The maximum absolute atomic E-state index is 12.8. The maximum Gasteiger partial charge on any atom is 0.244 e. The van der Waals surface area contributed by atoms with Gasteiger partial charge in [0.15, 0.2) is 0 Å². The zero-order valence-electron chi connectivity index (χ0n) is 16.8. The third-order valence-electron chi connectivity index (χ3n) is 4.15. The lowest BCUT2D eigenvalue weighted by atomic mass is 10.1. The number of benzene rings is 2. The number of sulfonamides is 1. The molecule has 7 nitrogen and oxygen atoms in total. The molecular formula is C20H24Cl2N2O5S. The van der Waals surface area contributed by atoms with Crippen LogP contribution in [0.3, 0.4) is 0 Å². The molecule has 0 aliphatic rings. The lowest BCUT2D eigenvalue weighted by molar-refractivity contribution is -0.123. The number of halogens is 2. The fourth-order valence-corrected chi connectivity index (χ4v) is 5.07. The zero-order chi connectivity index (χ0) is 22.3. The monoisotopic (exact) mass is 474 g/mol. The first-order valence-corrected chi connectivity index (χ1v) is 11.4. The summed E-state index contributed by atoms with van der Waals surface area (Å²) in [4.78, 5) is 12.3. The summed E-state index contributed by atoms with van der Waals surface area (Å²) in [6.45, 7) is 3.87. The Morgan fingerprint density at radius 3 is 2.13 bits per heavy atom. The highest BCUT2D eigenvalue weighted by atomic mass is 35.5. The van der Waals surface area contributed by atoms with E-state index in [1.807, 2.05) is 0 Å². The summed E-state index contributed by atoms with van der Waals surface area (Å²) >= 11 is 12.0. The Kier molecular flexibility index (Phi) is 8.78. The normalized spacial score (nSPS) is 12.5. The summed E-state index contributed by atoms with van der Waals surface area (Å²) in [6.07, 6.45) is 0. The van der Waals surface area contributed by atoms with E-state index >= 15 is 0 Å². The van der Waals surface area contributed by atoms with Crippen molar-refractivity contribution in [3.8, 4) is 11.5 Å². The summed E-state index contributed by atoms with van der Waals surface area (Å²) in [6, 6.07) is 10.4. The van der Waals surface area contributed by atoms with E-state index in [4.69, 9.17) is 32.7 Å². The van der Waals surface area contributed by atoms with Crippen molar-refractivity contribution in [1.82, 2.24) is 10.0 Å². The van der Waals surface area contributed by atoms with Crippen molar-refractivity contribution in [2.75, 3.05) is 20.3 Å². The number of hydrogen-bond acceptors (Lipinski definition) is 5. The minimum Gasteiger partial charge on any atom is -0.497 e. The Balaban J connectivity index is 1.97. The predicted octanol–water partition coefficient (Wildman–Crippen LogP) is 3.50. The molecule has 0 bridgehead atoms. The summed E-state index contributed by atoms with van der Waals surface area (Å²) in [5.41, 5.74) is 0. The van der Waals surface area contributed by atoms with Crippen LogP contribution in [0.5, 0.6) is 11.5 Å². The van der Waals surface area contributed by atoms with Gasteiger partial charge in [0.2, 0.25) is 15.9 Å². The van der Waals surface area contributed by atoms with Gasteiger partial charge in [0.05, 0.1) is 23.7 Å². The molecule has 0 saturated carbocycles. The Labute approximate surface area is 186 Å². The number of nitrogens with one attached hydrogen (secondary N) is 2. The van der Waals surface area contributed by atoms with Gasteiger partial charge in [-0.25, -0.2) is 8.42 Å². The average Bonchev–Trinajstić information content (AvgIpc) is 2.69. The van der Waals surface area contributed by atoms with Crippen molar-refractivity contribution in [2.45, 2.75) is 24.8 Å². The molecule has 0 aromatic heterocycles. The smallest absolute Gasteiger partial charge is 0.244 e. The van der Waals surface area contributed by atoms with Crippen LogP contribution in [0.2, 0.25) is 10.0 Å². The molecule has 0 heterocycles. The minimum absolute atomic E-state index is 0.0224. The van der Waals surface area contributed by atoms with E-state index in [9.17, 15) is 13.2 Å². The molecule has 2 rings (SSSR count). The Bertz CT molecular complexity index is 945. The molecule has 2 aromatic rings. The number of rotatable bonds is 10. The van der Waals surface area contributed by atoms with Crippen molar-refractivity contribution in [3.63, 3.8) is 0 Å². The molecule has 30 heavy (non-hydrogen) atoms. The first-order chi connectivity index (χ1) is 14.2. The average molecular weight is 475 g/mol. The van der Waals surface area contributed by atoms with Crippen molar-refractivity contribution in [3.05, 3.63) is 52.5 Å². The third kappa shape index (κ3) is 6.50. The number of amides is 1. The zero-order valence-corrected chi connectivity index (χ0v) is 19.1. The van der Waals surface area contributed by atoms with E-state index in [0.717, 1.165) is 0 Å². The van der Waals surface area contributed by atoms with Crippen LogP contribution in [-0.2, 0) is 14.8 Å². The van der Waals surface area contributed by atoms with Crippen LogP contribution < -0.4 is 19.5 Å². The van der Waals surface area contributed by atoms with Crippen LogP contribution in [0.25, 0.3) is 0 Å². The van der Waals surface area contributed by atoms with E-state index < -0.39 is 22.0 Å². The van der Waals surface area contributed by atoms with Crippen LogP contribution in [0, 0.1) is 5.92 Å². The van der Waals surface area contributed by atoms with Crippen LogP contribution in [-0.4, -0.2) is 40.6 Å². The fraction of sp³-hybridized carbons (Fsp3) is 0.350. The topological polar surface area (TPSA) is 93.7 Å². The molecule has 0 spiro atoms. The van der Waals surface area contributed by atoms with Gasteiger partial charge in [-0.15, -0.1) is 0 Å². The van der Waals surface area contributed by atoms with Gasteiger partial charge in [-0.2, -0.15) is 4.72 Å². The van der Waals surface area contributed by atoms with Gasteiger partial charge in [-0.3, -0.25) is 4.79 Å². The molecule has 1 amide bonds. The SMILES string of the molecule is COc1ccc(OCCNC(=O)C(NS(=O)(=O)c2c(Cl)cccc2Cl)C(C)C)cc1. The predicted molar refractivity (Wildman–Crippen MR) is 117 cm³/mol. The number of carbonyl (C=O) groups is 1. The van der Waals surface area contributed by atoms with Crippen LogP contribution >= 0.6 is 23.2 Å². The molecule has 0 radical (unpaired) electrons. The second-order valence-corrected chi connectivity index (χ2v) is 9.17. The van der Waals surface area contributed by atoms with Gasteiger partial charge in [-0.05, 0) is 42.3 Å². The van der Waals surface area contributed by atoms with E-state index in [1.54, 1.807) is 51.3 Å². The molecule has 0 fully saturated rings. The lowest BCUT2D eigenvalue weighted by Crippen LogP contribution is -2.50. The van der Waals surface area contributed by atoms with Crippen LogP contribution in [0.4, 0.5) is 0 Å². The van der Waals surface area contributed by atoms with Gasteiger partial charge in [0, 0.05) is 0 Å². The van der Waals surface area contributed by atoms with Gasteiger partial charge < -0.3 is 14.8 Å². The molecule has 0 aliphatic heterocycles. The number of ether oxygens (including phenoxy) is 2. The molecule has 164 valence electrons. The Hall–Kier alpha value is -2.00. The molecule has 1 atom stereocenters. The second kappa shape index (κ2) is 10.9. The van der Waals surface area contributed by atoms with E-state index in [-0.39, 0.29) is 34.0 Å². The molecule has 2 N–H and O–H groups in total. The van der Waals surface area contributed by atoms with Crippen molar-refractivity contribution in [1.29, 1.82) is 0 Å². The number of carbonyl (C=O) groups excluding carboxylic acids is 1. The number of hydrogen-bond donors (Lipinski definition) is 2. The summed E-state index contributed by atoms with van der Waals surface area (Å²) in [5, 5.41) is 2.63. The molecule has 0 aliphatic carbocycles. The van der Waals surface area contributed by atoms with E-state index in [2.05, 4.69) is 10.0 Å². The first kappa shape index (κ1) is 24.3. The molecule has 2 aromatic carbocycles. The van der Waals surface area contributed by atoms with Crippen LogP contribution in [0.1, 0.15) is 13.8 Å². The van der Waals surface area contributed by atoms with Gasteiger partial charge in [0.1, 0.15) is 29.0 Å². The molecular weight excluding hydrogens is 451 g/mol. The van der Waals surface area contributed by atoms with Gasteiger partial charge in [0.25, 0.3) is 0 Å². The molecule has 0 saturated heterocycles. The van der Waals surface area contributed by atoms with E-state index in [1.165, 1.54) is 12.1 Å². The largest absolute Gasteiger partial charge is 0.497 e. The Morgan fingerprint density at radius 2 is 1.60 bits per heavy atom. The highest BCUT2D eigenvalue weighted by Crippen LogP contribution is 2.29. The maximum atomic E-state index is 12.8. The number of methoxy groups -OCH3 is 1.